The highest BCUT2D eigenvalue weighted by atomic mass is 32.1. The quantitative estimate of drug-likeness (QED) is 0.831. The molecule has 0 bridgehead atoms. The molecular formula is C15H16N2O2S. The van der Waals surface area contributed by atoms with Crippen LogP contribution < -0.4 is 10.1 Å². The summed E-state index contributed by atoms with van der Waals surface area (Å²) in [4.78, 5) is 15.9. The maximum Gasteiger partial charge on any atom is 0.271 e. The number of benzene rings is 1. The van der Waals surface area contributed by atoms with Crippen molar-refractivity contribution in [3.8, 4) is 5.75 Å². The van der Waals surface area contributed by atoms with E-state index in [0.717, 1.165) is 10.8 Å². The average Bonchev–Trinajstić information content (AvgIpc) is 2.93. The summed E-state index contributed by atoms with van der Waals surface area (Å²) in [5, 5.41) is 5.19. The van der Waals surface area contributed by atoms with Crippen molar-refractivity contribution in [1.82, 2.24) is 10.3 Å². The zero-order valence-corrected chi connectivity index (χ0v) is 12.1. The molecule has 1 aromatic carbocycles. The van der Waals surface area contributed by atoms with Gasteiger partial charge in [-0.1, -0.05) is 23.8 Å². The summed E-state index contributed by atoms with van der Waals surface area (Å²) in [5.41, 5.74) is 1.60. The fourth-order valence-electron chi connectivity index (χ4n) is 1.52. The zero-order chi connectivity index (χ0) is 14.4. The molecule has 0 aliphatic heterocycles. The molecule has 0 fully saturated rings. The Morgan fingerprint density at radius 3 is 2.90 bits per heavy atom. The van der Waals surface area contributed by atoms with Crippen LogP contribution in [-0.4, -0.2) is 17.4 Å². The van der Waals surface area contributed by atoms with Crippen LogP contribution in [-0.2, 0) is 6.61 Å². The van der Waals surface area contributed by atoms with E-state index in [1.165, 1.54) is 16.9 Å². The third-order valence-electron chi connectivity index (χ3n) is 2.57. The normalized spacial score (nSPS) is 10.1. The monoisotopic (exact) mass is 288 g/mol. The van der Waals surface area contributed by atoms with Crippen LogP contribution in [0.4, 0.5) is 0 Å². The Labute approximate surface area is 122 Å². The molecule has 1 aromatic heterocycles. The number of hydrogen-bond donors (Lipinski definition) is 1. The van der Waals surface area contributed by atoms with Crippen molar-refractivity contribution in [3.63, 3.8) is 0 Å². The van der Waals surface area contributed by atoms with Crippen LogP contribution in [0.2, 0.25) is 0 Å². The van der Waals surface area contributed by atoms with Gasteiger partial charge in [0.05, 0.1) is 0 Å². The first-order valence-electron chi connectivity index (χ1n) is 6.22. The zero-order valence-electron chi connectivity index (χ0n) is 11.3. The van der Waals surface area contributed by atoms with Gasteiger partial charge in [0.2, 0.25) is 0 Å². The molecule has 0 unspecified atom stereocenters. The number of nitrogens with one attached hydrogen (secondary N) is 1. The van der Waals surface area contributed by atoms with Gasteiger partial charge in [-0.3, -0.25) is 4.79 Å². The Hall–Kier alpha value is -2.14. The number of thiazole rings is 1. The van der Waals surface area contributed by atoms with Gasteiger partial charge in [-0.15, -0.1) is 17.9 Å². The minimum atomic E-state index is -0.192. The SMILES string of the molecule is C=CCNC(=O)c1csc(COc2ccc(C)cc2)n1. The third kappa shape index (κ3) is 3.93. The summed E-state index contributed by atoms with van der Waals surface area (Å²) in [6, 6.07) is 7.82. The van der Waals surface area contributed by atoms with E-state index in [2.05, 4.69) is 16.9 Å². The largest absolute Gasteiger partial charge is 0.486 e. The highest BCUT2D eigenvalue weighted by Gasteiger charge is 2.09. The number of aryl methyl sites for hydroxylation is 1. The number of hydrogen-bond acceptors (Lipinski definition) is 4. The van der Waals surface area contributed by atoms with Crippen molar-refractivity contribution < 1.29 is 9.53 Å². The first kappa shape index (κ1) is 14.3. The first-order valence-corrected chi connectivity index (χ1v) is 7.10. The molecule has 1 amide bonds. The number of ether oxygens (including phenoxy) is 1. The highest BCUT2D eigenvalue weighted by Crippen LogP contribution is 2.16. The van der Waals surface area contributed by atoms with Crippen LogP contribution in [0.25, 0.3) is 0 Å². The molecule has 2 rings (SSSR count). The summed E-state index contributed by atoms with van der Waals surface area (Å²) >= 11 is 1.41. The summed E-state index contributed by atoms with van der Waals surface area (Å²) in [6.07, 6.45) is 1.63. The number of rotatable bonds is 6. The summed E-state index contributed by atoms with van der Waals surface area (Å²) in [7, 11) is 0. The Kier molecular flexibility index (Phi) is 4.90. The molecule has 20 heavy (non-hydrogen) atoms. The molecule has 2 aromatic rings. The Morgan fingerprint density at radius 1 is 1.45 bits per heavy atom. The Balaban J connectivity index is 1.91. The predicted molar refractivity (Wildman–Crippen MR) is 80.2 cm³/mol. The minimum Gasteiger partial charge on any atom is -0.486 e. The fraction of sp³-hybridized carbons (Fsp3) is 0.200. The number of amides is 1. The second kappa shape index (κ2) is 6.86. The molecule has 4 nitrogen and oxygen atoms in total. The fourth-order valence-corrected chi connectivity index (χ4v) is 2.20. The van der Waals surface area contributed by atoms with E-state index in [1.807, 2.05) is 31.2 Å². The summed E-state index contributed by atoms with van der Waals surface area (Å²) < 4.78 is 5.62. The van der Waals surface area contributed by atoms with Crippen LogP contribution in [0.15, 0.2) is 42.3 Å². The minimum absolute atomic E-state index is 0.192. The topological polar surface area (TPSA) is 51.2 Å². The molecule has 1 heterocycles. The molecule has 0 saturated heterocycles. The third-order valence-corrected chi connectivity index (χ3v) is 3.40. The highest BCUT2D eigenvalue weighted by molar-refractivity contribution is 7.09. The van der Waals surface area contributed by atoms with Gasteiger partial charge < -0.3 is 10.1 Å². The van der Waals surface area contributed by atoms with Gasteiger partial charge in [0.25, 0.3) is 5.91 Å². The molecule has 104 valence electrons. The van der Waals surface area contributed by atoms with Crippen molar-refractivity contribution in [2.75, 3.05) is 6.54 Å². The van der Waals surface area contributed by atoms with Crippen LogP contribution in [0.5, 0.6) is 5.75 Å². The van der Waals surface area contributed by atoms with Crippen LogP contribution in [0.3, 0.4) is 0 Å². The lowest BCUT2D eigenvalue weighted by Gasteiger charge is -2.03. The summed E-state index contributed by atoms with van der Waals surface area (Å²) in [5.74, 6) is 0.603. The van der Waals surface area contributed by atoms with Crippen molar-refractivity contribution in [2.45, 2.75) is 13.5 Å². The van der Waals surface area contributed by atoms with Crippen LogP contribution in [0.1, 0.15) is 21.1 Å². The first-order chi connectivity index (χ1) is 9.69. The van der Waals surface area contributed by atoms with Crippen molar-refractivity contribution in [3.05, 3.63) is 58.6 Å². The van der Waals surface area contributed by atoms with Crippen LogP contribution in [0, 0.1) is 6.92 Å². The second-order valence-corrected chi connectivity index (χ2v) is 5.17. The number of aromatic nitrogens is 1. The van der Waals surface area contributed by atoms with E-state index in [4.69, 9.17) is 4.74 Å². The van der Waals surface area contributed by atoms with E-state index in [9.17, 15) is 4.79 Å². The van der Waals surface area contributed by atoms with E-state index < -0.39 is 0 Å². The van der Waals surface area contributed by atoms with E-state index in [1.54, 1.807) is 11.5 Å². The smallest absolute Gasteiger partial charge is 0.271 e. The molecule has 5 heteroatoms. The lowest BCUT2D eigenvalue weighted by molar-refractivity contribution is 0.0953. The predicted octanol–water partition coefficient (Wildman–Crippen LogP) is 2.95. The molecule has 0 radical (unpaired) electrons. The molecule has 0 spiro atoms. The van der Waals surface area contributed by atoms with Crippen molar-refractivity contribution in [1.29, 1.82) is 0 Å². The van der Waals surface area contributed by atoms with Gasteiger partial charge in [0, 0.05) is 11.9 Å². The van der Waals surface area contributed by atoms with Gasteiger partial charge in [-0.25, -0.2) is 4.98 Å². The van der Waals surface area contributed by atoms with Crippen LogP contribution >= 0.6 is 11.3 Å². The lowest BCUT2D eigenvalue weighted by Crippen LogP contribution is -2.23. The van der Waals surface area contributed by atoms with Gasteiger partial charge in [0.15, 0.2) is 0 Å². The lowest BCUT2D eigenvalue weighted by atomic mass is 10.2. The molecule has 1 N–H and O–H groups in total. The van der Waals surface area contributed by atoms with Gasteiger partial charge in [-0.05, 0) is 19.1 Å². The van der Waals surface area contributed by atoms with E-state index >= 15 is 0 Å². The Morgan fingerprint density at radius 2 is 2.20 bits per heavy atom. The number of nitrogens with zero attached hydrogens (tertiary/aromatic N) is 1. The Bertz CT molecular complexity index is 590. The molecule has 0 atom stereocenters. The molecule has 0 saturated carbocycles. The second-order valence-electron chi connectivity index (χ2n) is 4.23. The average molecular weight is 288 g/mol. The standard InChI is InChI=1S/C15H16N2O2S/c1-3-8-16-15(18)13-10-20-14(17-13)9-19-12-6-4-11(2)5-7-12/h3-7,10H,1,8-9H2,2H3,(H,16,18). The van der Waals surface area contributed by atoms with Crippen molar-refractivity contribution in [2.24, 2.45) is 0 Å². The van der Waals surface area contributed by atoms with Gasteiger partial charge >= 0.3 is 0 Å². The van der Waals surface area contributed by atoms with E-state index in [0.29, 0.717) is 18.8 Å². The number of carbonyl (C=O) groups excluding carboxylic acids is 1. The van der Waals surface area contributed by atoms with Gasteiger partial charge in [0.1, 0.15) is 23.1 Å². The maximum absolute atomic E-state index is 11.7. The van der Waals surface area contributed by atoms with Crippen molar-refractivity contribution >= 4 is 17.2 Å². The van der Waals surface area contributed by atoms with Gasteiger partial charge in [-0.2, -0.15) is 0 Å². The van der Waals surface area contributed by atoms with E-state index in [-0.39, 0.29) is 5.91 Å². The maximum atomic E-state index is 11.7. The number of carbonyl (C=O) groups is 1. The molecule has 0 aliphatic rings. The summed E-state index contributed by atoms with van der Waals surface area (Å²) in [6.45, 7) is 6.37. The molecule has 0 aliphatic carbocycles. The molecular weight excluding hydrogens is 272 g/mol.